The first-order chi connectivity index (χ1) is 9.20. The van der Waals surface area contributed by atoms with Crippen molar-refractivity contribution < 1.29 is 4.79 Å². The Labute approximate surface area is 115 Å². The number of carbonyl (C=O) groups is 1. The molecule has 0 aliphatic carbocycles. The van der Waals surface area contributed by atoms with Crippen LogP contribution in [0.5, 0.6) is 0 Å². The highest BCUT2D eigenvalue weighted by Gasteiger charge is 2.13. The molecule has 0 saturated carbocycles. The lowest BCUT2D eigenvalue weighted by atomic mass is 10.3. The summed E-state index contributed by atoms with van der Waals surface area (Å²) < 4.78 is 0. The van der Waals surface area contributed by atoms with Gasteiger partial charge < -0.3 is 16.4 Å². The number of thiophene rings is 1. The molecule has 0 bridgehead atoms. The van der Waals surface area contributed by atoms with Gasteiger partial charge in [0.05, 0.1) is 10.7 Å². The monoisotopic (exact) mass is 276 g/mol. The van der Waals surface area contributed by atoms with Crippen molar-refractivity contribution in [2.75, 3.05) is 17.6 Å². The number of anilines is 2. The molecule has 2 rings (SSSR count). The average Bonchev–Trinajstić information content (AvgIpc) is 2.79. The second kappa shape index (κ2) is 6.19. The third kappa shape index (κ3) is 3.45. The normalized spacial score (nSPS) is 10.2. The van der Waals surface area contributed by atoms with Crippen LogP contribution in [0.15, 0.2) is 30.6 Å². The topological polar surface area (TPSA) is 80.0 Å². The molecular weight excluding hydrogens is 260 g/mol. The molecule has 5 nitrogen and oxygen atoms in total. The van der Waals surface area contributed by atoms with Gasteiger partial charge in [-0.1, -0.05) is 0 Å². The van der Waals surface area contributed by atoms with Crippen LogP contribution < -0.4 is 16.4 Å². The molecule has 2 heterocycles. The van der Waals surface area contributed by atoms with E-state index in [1.165, 1.54) is 11.3 Å². The fourth-order valence-electron chi connectivity index (χ4n) is 1.60. The summed E-state index contributed by atoms with van der Waals surface area (Å²) in [5.74, 6) is -0.123. The smallest absolute Gasteiger partial charge is 0.263 e. The first-order valence-electron chi connectivity index (χ1n) is 6.01. The van der Waals surface area contributed by atoms with Gasteiger partial charge in [-0.3, -0.25) is 9.78 Å². The molecule has 0 atom stereocenters. The minimum absolute atomic E-state index is 0.123. The molecule has 0 radical (unpaired) electrons. The minimum atomic E-state index is -0.123. The summed E-state index contributed by atoms with van der Waals surface area (Å²) >= 11 is 1.36. The summed E-state index contributed by atoms with van der Waals surface area (Å²) in [6.45, 7) is 3.15. The summed E-state index contributed by atoms with van der Waals surface area (Å²) in [4.78, 5) is 16.3. The number of aromatic nitrogens is 1. The number of rotatable bonds is 5. The summed E-state index contributed by atoms with van der Waals surface area (Å²) in [5, 5.41) is 6.88. The van der Waals surface area contributed by atoms with Crippen LogP contribution in [-0.4, -0.2) is 17.4 Å². The van der Waals surface area contributed by atoms with E-state index < -0.39 is 0 Å². The zero-order valence-corrected chi connectivity index (χ0v) is 11.5. The van der Waals surface area contributed by atoms with Crippen LogP contribution in [0.2, 0.25) is 0 Å². The molecular formula is C13H16N4OS. The van der Waals surface area contributed by atoms with Crippen molar-refractivity contribution in [3.05, 3.63) is 41.0 Å². The molecule has 4 N–H and O–H groups in total. The van der Waals surface area contributed by atoms with Gasteiger partial charge in [-0.05, 0) is 30.7 Å². The van der Waals surface area contributed by atoms with Gasteiger partial charge in [0, 0.05) is 25.5 Å². The predicted molar refractivity (Wildman–Crippen MR) is 78.3 cm³/mol. The van der Waals surface area contributed by atoms with Crippen LogP contribution in [0, 0.1) is 0 Å². The van der Waals surface area contributed by atoms with Gasteiger partial charge in [-0.2, -0.15) is 0 Å². The van der Waals surface area contributed by atoms with E-state index in [9.17, 15) is 4.79 Å². The quantitative estimate of drug-likeness (QED) is 0.781. The fraction of sp³-hybridized carbons (Fsp3) is 0.231. The maximum atomic E-state index is 11.7. The van der Waals surface area contributed by atoms with Crippen molar-refractivity contribution in [1.29, 1.82) is 0 Å². The number of nitrogens with two attached hydrogens (primary N) is 1. The predicted octanol–water partition coefficient (Wildman–Crippen LogP) is 2.09. The second-order valence-electron chi connectivity index (χ2n) is 3.96. The Balaban J connectivity index is 2.02. The van der Waals surface area contributed by atoms with Crippen LogP contribution in [0.4, 0.5) is 10.7 Å². The van der Waals surface area contributed by atoms with E-state index in [4.69, 9.17) is 5.73 Å². The van der Waals surface area contributed by atoms with Crippen molar-refractivity contribution in [1.82, 2.24) is 10.3 Å². The Morgan fingerprint density at radius 2 is 2.16 bits per heavy atom. The van der Waals surface area contributed by atoms with E-state index in [0.717, 1.165) is 10.6 Å². The van der Waals surface area contributed by atoms with Crippen LogP contribution in [0.25, 0.3) is 0 Å². The highest BCUT2D eigenvalue weighted by molar-refractivity contribution is 7.18. The first kappa shape index (κ1) is 13.4. The maximum Gasteiger partial charge on any atom is 0.263 e. The third-order valence-corrected chi connectivity index (χ3v) is 3.63. The highest BCUT2D eigenvalue weighted by Crippen LogP contribution is 2.29. The lowest BCUT2D eigenvalue weighted by molar-refractivity contribution is 0.0960. The molecule has 0 saturated heterocycles. The lowest BCUT2D eigenvalue weighted by Crippen LogP contribution is -2.22. The summed E-state index contributed by atoms with van der Waals surface area (Å²) in [5.41, 5.74) is 7.48. The van der Waals surface area contributed by atoms with Gasteiger partial charge in [0.1, 0.15) is 4.88 Å². The number of nitrogens with zero attached hydrogens (tertiary/aromatic N) is 1. The van der Waals surface area contributed by atoms with E-state index >= 15 is 0 Å². The third-order valence-electron chi connectivity index (χ3n) is 2.52. The lowest BCUT2D eigenvalue weighted by Gasteiger charge is -2.02. The number of carbonyl (C=O) groups excluding carboxylic acids is 1. The van der Waals surface area contributed by atoms with Crippen LogP contribution in [0.3, 0.4) is 0 Å². The van der Waals surface area contributed by atoms with Gasteiger partial charge in [-0.15, -0.1) is 11.3 Å². The highest BCUT2D eigenvalue weighted by atomic mass is 32.1. The maximum absolute atomic E-state index is 11.7. The van der Waals surface area contributed by atoms with Crippen molar-refractivity contribution >= 4 is 27.9 Å². The van der Waals surface area contributed by atoms with Gasteiger partial charge >= 0.3 is 0 Å². The van der Waals surface area contributed by atoms with Gasteiger partial charge in [0.2, 0.25) is 0 Å². The van der Waals surface area contributed by atoms with Crippen molar-refractivity contribution in [2.45, 2.75) is 13.5 Å². The van der Waals surface area contributed by atoms with E-state index in [-0.39, 0.29) is 5.91 Å². The molecule has 100 valence electrons. The Morgan fingerprint density at radius 3 is 2.84 bits per heavy atom. The zero-order valence-electron chi connectivity index (χ0n) is 10.6. The molecule has 2 aromatic heterocycles. The number of pyridine rings is 1. The average molecular weight is 276 g/mol. The number of nitrogens with one attached hydrogen (secondary N) is 2. The molecule has 0 fully saturated rings. The van der Waals surface area contributed by atoms with E-state index in [0.29, 0.717) is 23.7 Å². The van der Waals surface area contributed by atoms with Crippen LogP contribution in [-0.2, 0) is 6.54 Å². The fourth-order valence-corrected chi connectivity index (χ4v) is 2.49. The Kier molecular flexibility index (Phi) is 4.35. The van der Waals surface area contributed by atoms with Crippen molar-refractivity contribution in [3.8, 4) is 0 Å². The van der Waals surface area contributed by atoms with Gasteiger partial charge in [0.25, 0.3) is 5.91 Å². The van der Waals surface area contributed by atoms with E-state index in [2.05, 4.69) is 15.6 Å². The molecule has 1 amide bonds. The summed E-state index contributed by atoms with van der Waals surface area (Å²) in [7, 11) is 0. The Hall–Kier alpha value is -2.08. The zero-order chi connectivity index (χ0) is 13.7. The van der Waals surface area contributed by atoms with Gasteiger partial charge in [0.15, 0.2) is 0 Å². The molecule has 2 aromatic rings. The number of hydrogen-bond donors (Lipinski definition) is 3. The van der Waals surface area contributed by atoms with Gasteiger partial charge in [-0.25, -0.2) is 0 Å². The van der Waals surface area contributed by atoms with E-state index in [1.54, 1.807) is 18.5 Å². The van der Waals surface area contributed by atoms with Crippen molar-refractivity contribution in [2.24, 2.45) is 0 Å². The van der Waals surface area contributed by atoms with Crippen LogP contribution in [0.1, 0.15) is 22.2 Å². The SMILES string of the molecule is CCNC(=O)c1sc(NCc2ccncc2)cc1N. The molecule has 0 aliphatic heterocycles. The summed E-state index contributed by atoms with van der Waals surface area (Å²) in [6, 6.07) is 5.67. The largest absolute Gasteiger partial charge is 0.397 e. The number of nitrogen functional groups attached to an aromatic ring is 1. The minimum Gasteiger partial charge on any atom is -0.397 e. The molecule has 0 aromatic carbocycles. The standard InChI is InChI=1S/C13H16N4OS/c1-2-16-13(18)12-10(14)7-11(19-12)17-8-9-3-5-15-6-4-9/h3-7,17H,2,8,14H2,1H3,(H,16,18). The first-order valence-corrected chi connectivity index (χ1v) is 6.82. The molecule has 19 heavy (non-hydrogen) atoms. The Morgan fingerprint density at radius 1 is 1.42 bits per heavy atom. The molecule has 6 heteroatoms. The summed E-state index contributed by atoms with van der Waals surface area (Å²) in [6.07, 6.45) is 3.50. The number of amides is 1. The van der Waals surface area contributed by atoms with Crippen molar-refractivity contribution in [3.63, 3.8) is 0 Å². The van der Waals surface area contributed by atoms with E-state index in [1.807, 2.05) is 19.1 Å². The van der Waals surface area contributed by atoms with Crippen LogP contribution >= 0.6 is 11.3 Å². The number of hydrogen-bond acceptors (Lipinski definition) is 5. The molecule has 0 aliphatic rings. The molecule has 0 spiro atoms. The Bertz CT molecular complexity index is 553. The molecule has 0 unspecified atom stereocenters. The second-order valence-corrected chi connectivity index (χ2v) is 5.02.